The molecule has 2 heterocycles. The lowest BCUT2D eigenvalue weighted by molar-refractivity contribution is -0.125. The standard InChI is InChI=1S/C19H17N3O3/c1-19-14(17(24)21-10-11-5-4-8-20-9-11)15(19)18(25)22-13-7-3-2-6-12(13)16(19)23/h2-9,14-15H,10H2,1H3,(H,21,24)(H,22,25)/t14-,15+,19+/m0/s1. The lowest BCUT2D eigenvalue weighted by Gasteiger charge is -2.12. The Morgan fingerprint density at radius 3 is 2.80 bits per heavy atom. The van der Waals surface area contributed by atoms with E-state index >= 15 is 0 Å². The average Bonchev–Trinajstić information content (AvgIpc) is 3.28. The Labute approximate surface area is 144 Å². The summed E-state index contributed by atoms with van der Waals surface area (Å²) in [6, 6.07) is 10.6. The Balaban J connectivity index is 1.57. The van der Waals surface area contributed by atoms with E-state index < -0.39 is 17.3 Å². The zero-order valence-corrected chi connectivity index (χ0v) is 13.7. The van der Waals surface area contributed by atoms with E-state index in [9.17, 15) is 14.4 Å². The highest BCUT2D eigenvalue weighted by atomic mass is 16.2. The van der Waals surface area contributed by atoms with Crippen LogP contribution < -0.4 is 10.6 Å². The van der Waals surface area contributed by atoms with Crippen molar-refractivity contribution < 1.29 is 14.4 Å². The van der Waals surface area contributed by atoms with Crippen molar-refractivity contribution in [1.29, 1.82) is 0 Å². The van der Waals surface area contributed by atoms with Crippen LogP contribution in [0, 0.1) is 17.3 Å². The van der Waals surface area contributed by atoms with Crippen molar-refractivity contribution in [3.05, 3.63) is 59.9 Å². The predicted molar refractivity (Wildman–Crippen MR) is 90.6 cm³/mol. The van der Waals surface area contributed by atoms with E-state index in [1.165, 1.54) is 0 Å². The smallest absolute Gasteiger partial charge is 0.229 e. The van der Waals surface area contributed by atoms with Crippen molar-refractivity contribution in [2.75, 3.05) is 5.32 Å². The highest BCUT2D eigenvalue weighted by molar-refractivity contribution is 6.19. The second-order valence-electron chi connectivity index (χ2n) is 6.68. The molecule has 2 aromatic rings. The molecule has 2 N–H and O–H groups in total. The van der Waals surface area contributed by atoms with Gasteiger partial charge in [0, 0.05) is 24.5 Å². The van der Waals surface area contributed by atoms with E-state index in [2.05, 4.69) is 15.6 Å². The SMILES string of the molecule is C[C@]12C(=O)c3ccccc3NC(=O)[C@H]1[C@H]2C(=O)NCc1cccnc1. The summed E-state index contributed by atoms with van der Waals surface area (Å²) in [6.07, 6.45) is 3.33. The lowest BCUT2D eigenvalue weighted by Crippen LogP contribution is -2.29. The Bertz CT molecular complexity index is 880. The van der Waals surface area contributed by atoms with E-state index in [0.29, 0.717) is 17.8 Å². The quantitative estimate of drug-likeness (QED) is 0.895. The van der Waals surface area contributed by atoms with Gasteiger partial charge in [-0.3, -0.25) is 19.4 Å². The number of pyridine rings is 1. The summed E-state index contributed by atoms with van der Waals surface area (Å²) in [5, 5.41) is 5.60. The maximum absolute atomic E-state index is 13.0. The molecular weight excluding hydrogens is 318 g/mol. The summed E-state index contributed by atoms with van der Waals surface area (Å²) < 4.78 is 0. The first-order valence-corrected chi connectivity index (χ1v) is 8.15. The number of nitrogens with zero attached hydrogens (tertiary/aromatic N) is 1. The second-order valence-corrected chi connectivity index (χ2v) is 6.68. The number of fused-ring (bicyclic) bond motifs is 2. The Hall–Kier alpha value is -3.02. The van der Waals surface area contributed by atoms with E-state index in [1.54, 1.807) is 49.6 Å². The molecule has 2 aliphatic rings. The van der Waals surface area contributed by atoms with Crippen LogP contribution in [-0.4, -0.2) is 22.6 Å². The highest BCUT2D eigenvalue weighted by Gasteiger charge is 2.73. The normalized spacial score (nSPS) is 26.8. The number of hydrogen-bond donors (Lipinski definition) is 2. The molecule has 0 radical (unpaired) electrons. The molecular formula is C19H17N3O3. The summed E-state index contributed by atoms with van der Waals surface area (Å²) in [4.78, 5) is 42.1. The highest BCUT2D eigenvalue weighted by Crippen LogP contribution is 2.62. The minimum atomic E-state index is -0.990. The number of amides is 2. The molecule has 1 aromatic carbocycles. The maximum atomic E-state index is 13.0. The molecule has 1 fully saturated rings. The first-order chi connectivity index (χ1) is 12.0. The number of anilines is 1. The molecule has 2 amide bonds. The van der Waals surface area contributed by atoms with Gasteiger partial charge in [0.2, 0.25) is 11.8 Å². The summed E-state index contributed by atoms with van der Waals surface area (Å²) in [6.45, 7) is 2.02. The first-order valence-electron chi connectivity index (χ1n) is 8.15. The number of carbonyl (C=O) groups is 3. The van der Waals surface area contributed by atoms with Crippen molar-refractivity contribution >= 4 is 23.3 Å². The van der Waals surface area contributed by atoms with Crippen molar-refractivity contribution in [3.63, 3.8) is 0 Å². The van der Waals surface area contributed by atoms with Crippen LogP contribution in [0.15, 0.2) is 48.8 Å². The number of nitrogens with one attached hydrogen (secondary N) is 2. The van der Waals surface area contributed by atoms with Crippen LogP contribution >= 0.6 is 0 Å². The topological polar surface area (TPSA) is 88.2 Å². The van der Waals surface area contributed by atoms with Crippen LogP contribution in [0.3, 0.4) is 0 Å². The molecule has 3 atom stereocenters. The molecule has 1 aliphatic heterocycles. The van der Waals surface area contributed by atoms with Crippen molar-refractivity contribution in [1.82, 2.24) is 10.3 Å². The average molecular weight is 335 g/mol. The van der Waals surface area contributed by atoms with Crippen LogP contribution in [0.2, 0.25) is 0 Å². The molecule has 6 nitrogen and oxygen atoms in total. The predicted octanol–water partition coefficient (Wildman–Crippen LogP) is 1.79. The molecule has 0 saturated heterocycles. The van der Waals surface area contributed by atoms with Gasteiger partial charge in [-0.25, -0.2) is 0 Å². The molecule has 0 spiro atoms. The summed E-state index contributed by atoms with van der Waals surface area (Å²) >= 11 is 0. The summed E-state index contributed by atoms with van der Waals surface area (Å²) in [5.74, 6) is -2.00. The molecule has 6 heteroatoms. The van der Waals surface area contributed by atoms with Gasteiger partial charge >= 0.3 is 0 Å². The van der Waals surface area contributed by atoms with Gasteiger partial charge in [0.25, 0.3) is 0 Å². The third-order valence-corrected chi connectivity index (χ3v) is 5.19. The summed E-state index contributed by atoms with van der Waals surface area (Å²) in [7, 11) is 0. The number of rotatable bonds is 3. The van der Waals surface area contributed by atoms with Gasteiger partial charge in [-0.05, 0) is 23.8 Å². The van der Waals surface area contributed by atoms with E-state index in [1.807, 2.05) is 6.07 Å². The molecule has 0 bridgehead atoms. The van der Waals surface area contributed by atoms with Gasteiger partial charge in [-0.15, -0.1) is 0 Å². The van der Waals surface area contributed by atoms with Gasteiger partial charge in [0.15, 0.2) is 5.78 Å². The number of Topliss-reactive ketones (excluding diaryl/α,β-unsaturated/α-hetero) is 1. The van der Waals surface area contributed by atoms with E-state index in [-0.39, 0.29) is 17.6 Å². The summed E-state index contributed by atoms with van der Waals surface area (Å²) in [5.41, 5.74) is 0.849. The van der Waals surface area contributed by atoms with E-state index in [4.69, 9.17) is 0 Å². The van der Waals surface area contributed by atoms with Crippen LogP contribution in [-0.2, 0) is 16.1 Å². The second kappa shape index (κ2) is 5.51. The van der Waals surface area contributed by atoms with Gasteiger partial charge in [-0.1, -0.05) is 25.1 Å². The molecule has 25 heavy (non-hydrogen) atoms. The Morgan fingerprint density at radius 2 is 2.04 bits per heavy atom. The van der Waals surface area contributed by atoms with Crippen LogP contribution in [0.5, 0.6) is 0 Å². The number of aromatic nitrogens is 1. The minimum Gasteiger partial charge on any atom is -0.352 e. The van der Waals surface area contributed by atoms with E-state index in [0.717, 1.165) is 5.56 Å². The molecule has 1 aromatic heterocycles. The number of para-hydroxylation sites is 1. The van der Waals surface area contributed by atoms with Crippen molar-refractivity contribution in [2.45, 2.75) is 13.5 Å². The van der Waals surface area contributed by atoms with Crippen molar-refractivity contribution in [3.8, 4) is 0 Å². The molecule has 0 unspecified atom stereocenters. The Kier molecular flexibility index (Phi) is 3.42. The number of carbonyl (C=O) groups excluding carboxylic acids is 3. The minimum absolute atomic E-state index is 0.159. The number of benzene rings is 1. The van der Waals surface area contributed by atoms with Gasteiger partial charge < -0.3 is 10.6 Å². The fourth-order valence-electron chi connectivity index (χ4n) is 3.74. The maximum Gasteiger partial charge on any atom is 0.229 e. The zero-order valence-electron chi connectivity index (χ0n) is 13.7. The first kappa shape index (κ1) is 15.5. The Morgan fingerprint density at radius 1 is 1.24 bits per heavy atom. The van der Waals surface area contributed by atoms with Gasteiger partial charge in [-0.2, -0.15) is 0 Å². The number of hydrogen-bond acceptors (Lipinski definition) is 4. The third-order valence-electron chi connectivity index (χ3n) is 5.19. The molecule has 1 saturated carbocycles. The van der Waals surface area contributed by atoms with Gasteiger partial charge in [0.1, 0.15) is 0 Å². The third kappa shape index (κ3) is 2.33. The van der Waals surface area contributed by atoms with Crippen LogP contribution in [0.25, 0.3) is 0 Å². The fraction of sp³-hybridized carbons (Fsp3) is 0.263. The lowest BCUT2D eigenvalue weighted by atomic mass is 9.92. The largest absolute Gasteiger partial charge is 0.352 e. The van der Waals surface area contributed by atoms with Gasteiger partial charge in [0.05, 0.1) is 22.9 Å². The molecule has 126 valence electrons. The van der Waals surface area contributed by atoms with Crippen LogP contribution in [0.1, 0.15) is 22.8 Å². The molecule has 1 aliphatic carbocycles. The number of ketones is 1. The zero-order chi connectivity index (χ0) is 17.6. The van der Waals surface area contributed by atoms with Crippen molar-refractivity contribution in [2.24, 2.45) is 17.3 Å². The molecule has 4 rings (SSSR count). The van der Waals surface area contributed by atoms with Crippen LogP contribution in [0.4, 0.5) is 5.69 Å². The fourth-order valence-corrected chi connectivity index (χ4v) is 3.74. The monoisotopic (exact) mass is 335 g/mol.